The van der Waals surface area contributed by atoms with Gasteiger partial charge in [-0.1, -0.05) is 0 Å². The first-order chi connectivity index (χ1) is 7.04. The van der Waals surface area contributed by atoms with E-state index in [9.17, 15) is 14.5 Å². The summed E-state index contributed by atoms with van der Waals surface area (Å²) < 4.78 is 12.7. The lowest BCUT2D eigenvalue weighted by Gasteiger charge is -2.07. The SMILES string of the molecule is CNC(=S)Nc1ccc(F)cc1[N+](=O)[O-]. The van der Waals surface area contributed by atoms with E-state index in [2.05, 4.69) is 10.6 Å². The number of nitrogens with zero attached hydrogens (tertiary/aromatic N) is 1. The van der Waals surface area contributed by atoms with E-state index >= 15 is 0 Å². The minimum atomic E-state index is -0.677. The number of rotatable bonds is 2. The largest absolute Gasteiger partial charge is 0.366 e. The van der Waals surface area contributed by atoms with Crippen molar-refractivity contribution in [3.63, 3.8) is 0 Å². The average molecular weight is 229 g/mol. The van der Waals surface area contributed by atoms with Crippen molar-refractivity contribution in [3.8, 4) is 0 Å². The molecule has 5 nitrogen and oxygen atoms in total. The Hall–Kier alpha value is -1.76. The second-order valence-corrected chi connectivity index (χ2v) is 3.03. The molecule has 0 spiro atoms. The quantitative estimate of drug-likeness (QED) is 0.458. The average Bonchev–Trinajstić information content (AvgIpc) is 2.20. The Morgan fingerprint density at radius 1 is 1.60 bits per heavy atom. The molecule has 15 heavy (non-hydrogen) atoms. The maximum absolute atomic E-state index is 12.7. The van der Waals surface area contributed by atoms with Crippen molar-refractivity contribution in [3.05, 3.63) is 34.1 Å². The lowest BCUT2D eigenvalue weighted by molar-refractivity contribution is -0.384. The van der Waals surface area contributed by atoms with E-state index in [1.807, 2.05) is 0 Å². The van der Waals surface area contributed by atoms with Gasteiger partial charge in [-0.2, -0.15) is 0 Å². The van der Waals surface area contributed by atoms with Crippen LogP contribution in [0.15, 0.2) is 18.2 Å². The third-order valence-electron chi connectivity index (χ3n) is 1.63. The molecule has 0 unspecified atom stereocenters. The van der Waals surface area contributed by atoms with Crippen LogP contribution in [0.1, 0.15) is 0 Å². The number of hydrogen-bond donors (Lipinski definition) is 2. The third kappa shape index (κ3) is 2.84. The predicted octanol–water partition coefficient (Wildman–Crippen LogP) is 1.65. The highest BCUT2D eigenvalue weighted by Crippen LogP contribution is 2.24. The van der Waals surface area contributed by atoms with Gasteiger partial charge < -0.3 is 10.6 Å². The van der Waals surface area contributed by atoms with E-state index in [0.717, 1.165) is 12.1 Å². The number of nitro groups is 1. The van der Waals surface area contributed by atoms with Gasteiger partial charge >= 0.3 is 0 Å². The summed E-state index contributed by atoms with van der Waals surface area (Å²) in [5.41, 5.74) is -0.201. The van der Waals surface area contributed by atoms with Gasteiger partial charge in [0.1, 0.15) is 11.5 Å². The monoisotopic (exact) mass is 229 g/mol. The maximum Gasteiger partial charge on any atom is 0.295 e. The molecule has 1 aromatic carbocycles. The molecular formula is C8H8FN3O2S. The smallest absolute Gasteiger partial charge is 0.295 e. The van der Waals surface area contributed by atoms with Crippen molar-refractivity contribution in [1.82, 2.24) is 5.32 Å². The first kappa shape index (κ1) is 11.3. The molecule has 0 saturated heterocycles. The molecule has 0 aliphatic carbocycles. The molecule has 0 aromatic heterocycles. The van der Waals surface area contributed by atoms with Crippen molar-refractivity contribution in [1.29, 1.82) is 0 Å². The Morgan fingerprint density at radius 3 is 2.80 bits per heavy atom. The van der Waals surface area contributed by atoms with E-state index in [-0.39, 0.29) is 16.5 Å². The summed E-state index contributed by atoms with van der Waals surface area (Å²) in [6.07, 6.45) is 0. The Bertz CT molecular complexity index is 411. The maximum atomic E-state index is 12.7. The number of nitrogens with one attached hydrogen (secondary N) is 2. The molecule has 0 fully saturated rings. The molecule has 0 heterocycles. The van der Waals surface area contributed by atoms with Gasteiger partial charge in [-0.25, -0.2) is 4.39 Å². The minimum Gasteiger partial charge on any atom is -0.366 e. The van der Waals surface area contributed by atoms with Crippen LogP contribution >= 0.6 is 12.2 Å². The molecule has 80 valence electrons. The van der Waals surface area contributed by atoms with Gasteiger partial charge in [0.25, 0.3) is 5.69 Å². The van der Waals surface area contributed by atoms with Gasteiger partial charge in [0, 0.05) is 7.05 Å². The van der Waals surface area contributed by atoms with Crippen LogP contribution in [-0.4, -0.2) is 17.1 Å². The molecule has 2 N–H and O–H groups in total. The fourth-order valence-electron chi connectivity index (χ4n) is 0.946. The van der Waals surface area contributed by atoms with Gasteiger partial charge in [-0.05, 0) is 24.4 Å². The number of anilines is 1. The van der Waals surface area contributed by atoms with E-state index in [1.165, 1.54) is 6.07 Å². The third-order valence-corrected chi connectivity index (χ3v) is 1.94. The van der Waals surface area contributed by atoms with Crippen molar-refractivity contribution in [2.24, 2.45) is 0 Å². The zero-order chi connectivity index (χ0) is 11.4. The van der Waals surface area contributed by atoms with Crippen molar-refractivity contribution in [2.45, 2.75) is 0 Å². The predicted molar refractivity (Wildman–Crippen MR) is 58.3 cm³/mol. The molecule has 0 atom stereocenters. The van der Waals surface area contributed by atoms with Gasteiger partial charge in [-0.3, -0.25) is 10.1 Å². The zero-order valence-electron chi connectivity index (χ0n) is 7.78. The van der Waals surface area contributed by atoms with Gasteiger partial charge in [0.15, 0.2) is 5.11 Å². The number of benzene rings is 1. The first-order valence-corrected chi connectivity index (χ1v) is 4.38. The lowest BCUT2D eigenvalue weighted by atomic mass is 10.2. The van der Waals surface area contributed by atoms with Crippen molar-refractivity contribution >= 4 is 28.7 Å². The fourth-order valence-corrected chi connectivity index (χ4v) is 1.06. The molecule has 1 rings (SSSR count). The fraction of sp³-hybridized carbons (Fsp3) is 0.125. The van der Waals surface area contributed by atoms with Gasteiger partial charge in [-0.15, -0.1) is 0 Å². The second kappa shape index (κ2) is 4.65. The van der Waals surface area contributed by atoms with Crippen LogP contribution in [0, 0.1) is 15.9 Å². The van der Waals surface area contributed by atoms with Crippen LogP contribution in [0.4, 0.5) is 15.8 Å². The van der Waals surface area contributed by atoms with Gasteiger partial charge in [0.2, 0.25) is 0 Å². The van der Waals surface area contributed by atoms with E-state index in [4.69, 9.17) is 12.2 Å². The lowest BCUT2D eigenvalue weighted by Crippen LogP contribution is -2.24. The number of thiocarbonyl (C=S) groups is 1. The molecule has 0 aliphatic rings. The summed E-state index contributed by atoms with van der Waals surface area (Å²) in [4.78, 5) is 9.90. The molecular weight excluding hydrogens is 221 g/mol. The van der Waals surface area contributed by atoms with E-state index in [1.54, 1.807) is 7.05 Å². The summed E-state index contributed by atoms with van der Waals surface area (Å²) in [5.74, 6) is -0.664. The number of nitro benzene ring substituents is 1. The Balaban J connectivity index is 3.06. The molecule has 0 saturated carbocycles. The summed E-state index contributed by atoms with van der Waals surface area (Å²) in [5, 5.41) is 16.0. The topological polar surface area (TPSA) is 67.2 Å². The normalized spacial score (nSPS) is 9.47. The highest BCUT2D eigenvalue weighted by Gasteiger charge is 2.15. The summed E-state index contributed by atoms with van der Waals surface area (Å²) >= 11 is 4.78. The van der Waals surface area contributed by atoms with Gasteiger partial charge in [0.05, 0.1) is 11.0 Å². The number of hydrogen-bond acceptors (Lipinski definition) is 3. The van der Waals surface area contributed by atoms with Crippen LogP contribution in [0.5, 0.6) is 0 Å². The Morgan fingerprint density at radius 2 is 2.27 bits per heavy atom. The van der Waals surface area contributed by atoms with Crippen LogP contribution in [0.3, 0.4) is 0 Å². The first-order valence-electron chi connectivity index (χ1n) is 3.97. The van der Waals surface area contributed by atoms with Crippen LogP contribution in [-0.2, 0) is 0 Å². The minimum absolute atomic E-state index is 0.153. The van der Waals surface area contributed by atoms with Crippen LogP contribution in [0.2, 0.25) is 0 Å². The van der Waals surface area contributed by atoms with E-state index < -0.39 is 10.7 Å². The molecule has 0 bridgehead atoms. The number of halogens is 1. The molecule has 7 heteroatoms. The summed E-state index contributed by atoms with van der Waals surface area (Å²) in [7, 11) is 1.57. The highest BCUT2D eigenvalue weighted by molar-refractivity contribution is 7.80. The summed E-state index contributed by atoms with van der Waals surface area (Å²) in [6, 6.07) is 3.21. The zero-order valence-corrected chi connectivity index (χ0v) is 8.60. The molecule has 0 radical (unpaired) electrons. The standard InChI is InChI=1S/C8H8FN3O2S/c1-10-8(15)11-6-3-2-5(9)4-7(6)12(13)14/h2-4H,1H3,(H2,10,11,15). The van der Waals surface area contributed by atoms with Crippen LogP contribution < -0.4 is 10.6 Å². The molecule has 0 amide bonds. The molecule has 1 aromatic rings. The molecule has 0 aliphatic heterocycles. The Labute approximate surface area is 90.4 Å². The van der Waals surface area contributed by atoms with Crippen molar-refractivity contribution < 1.29 is 9.31 Å². The van der Waals surface area contributed by atoms with Crippen molar-refractivity contribution in [2.75, 3.05) is 12.4 Å². The summed E-state index contributed by atoms with van der Waals surface area (Å²) in [6.45, 7) is 0. The highest BCUT2D eigenvalue weighted by atomic mass is 32.1. The Kier molecular flexibility index (Phi) is 3.51. The second-order valence-electron chi connectivity index (χ2n) is 2.62. The van der Waals surface area contributed by atoms with E-state index in [0.29, 0.717) is 0 Å². The van der Waals surface area contributed by atoms with Crippen LogP contribution in [0.25, 0.3) is 0 Å².